The quantitative estimate of drug-likeness (QED) is 0.829. The molecule has 3 rings (SSSR count). The molecule has 6 heteroatoms. The van der Waals surface area contributed by atoms with E-state index in [1.165, 1.54) is 5.56 Å². The maximum atomic E-state index is 12.4. The smallest absolute Gasteiger partial charge is 0.234 e. The van der Waals surface area contributed by atoms with Gasteiger partial charge in [0.2, 0.25) is 5.91 Å². The first kappa shape index (κ1) is 18.6. The summed E-state index contributed by atoms with van der Waals surface area (Å²) in [5, 5.41) is 13.8. The maximum Gasteiger partial charge on any atom is 0.234 e. The van der Waals surface area contributed by atoms with Gasteiger partial charge in [0, 0.05) is 25.5 Å². The Kier molecular flexibility index (Phi) is 5.74. The number of amides is 1. The van der Waals surface area contributed by atoms with E-state index < -0.39 is 5.60 Å². The molecule has 0 radical (unpaired) electrons. The summed E-state index contributed by atoms with van der Waals surface area (Å²) in [6.07, 6.45) is 6.63. The van der Waals surface area contributed by atoms with Gasteiger partial charge in [-0.25, -0.2) is 4.98 Å². The first-order chi connectivity index (χ1) is 12.4. The third kappa shape index (κ3) is 4.93. The molecule has 0 spiro atoms. The summed E-state index contributed by atoms with van der Waals surface area (Å²) in [7, 11) is 0. The summed E-state index contributed by atoms with van der Waals surface area (Å²) in [6.45, 7) is 6.42. The molecule has 0 bridgehead atoms. The van der Waals surface area contributed by atoms with Crippen LogP contribution < -0.4 is 5.32 Å². The van der Waals surface area contributed by atoms with Crippen LogP contribution in [-0.2, 0) is 11.3 Å². The van der Waals surface area contributed by atoms with Gasteiger partial charge in [-0.15, -0.1) is 0 Å². The molecule has 140 valence electrons. The van der Waals surface area contributed by atoms with Crippen LogP contribution in [0.4, 0.5) is 0 Å². The van der Waals surface area contributed by atoms with Gasteiger partial charge in [0.05, 0.1) is 31.1 Å². The van der Waals surface area contributed by atoms with E-state index in [2.05, 4.69) is 46.4 Å². The van der Waals surface area contributed by atoms with Crippen LogP contribution in [0.5, 0.6) is 0 Å². The van der Waals surface area contributed by atoms with Gasteiger partial charge in [0.15, 0.2) is 0 Å². The van der Waals surface area contributed by atoms with E-state index in [9.17, 15) is 9.90 Å². The van der Waals surface area contributed by atoms with Crippen molar-refractivity contribution in [3.63, 3.8) is 0 Å². The van der Waals surface area contributed by atoms with Crippen molar-refractivity contribution in [3.05, 3.63) is 54.1 Å². The van der Waals surface area contributed by atoms with Gasteiger partial charge in [-0.2, -0.15) is 0 Å². The van der Waals surface area contributed by atoms with E-state index in [0.717, 1.165) is 18.7 Å². The van der Waals surface area contributed by atoms with E-state index in [4.69, 9.17) is 0 Å². The minimum atomic E-state index is -0.719. The van der Waals surface area contributed by atoms with E-state index in [1.54, 1.807) is 12.5 Å². The molecule has 1 aromatic carbocycles. The zero-order valence-corrected chi connectivity index (χ0v) is 15.6. The number of piperidine rings is 1. The molecule has 2 heterocycles. The first-order valence-electron chi connectivity index (χ1n) is 9.20. The maximum absolute atomic E-state index is 12.4. The number of aromatic nitrogens is 2. The van der Waals surface area contributed by atoms with E-state index >= 15 is 0 Å². The molecule has 6 nitrogen and oxygen atoms in total. The van der Waals surface area contributed by atoms with E-state index in [0.29, 0.717) is 25.9 Å². The fourth-order valence-electron chi connectivity index (χ4n) is 3.43. The zero-order valence-electron chi connectivity index (χ0n) is 15.6. The largest absolute Gasteiger partial charge is 0.388 e. The average Bonchev–Trinajstić information content (AvgIpc) is 3.10. The van der Waals surface area contributed by atoms with Crippen molar-refractivity contribution in [3.8, 4) is 0 Å². The minimum absolute atomic E-state index is 0.00827. The molecule has 1 saturated heterocycles. The molecule has 1 atom stereocenters. The molecule has 1 amide bonds. The van der Waals surface area contributed by atoms with Crippen molar-refractivity contribution in [2.45, 2.75) is 44.9 Å². The molecule has 0 aliphatic carbocycles. The number of nitrogens with one attached hydrogen (secondary N) is 1. The normalized spacial score (nSPS) is 18.4. The molecular formula is C20H28N4O2. The predicted molar refractivity (Wildman–Crippen MR) is 101 cm³/mol. The van der Waals surface area contributed by atoms with E-state index in [1.807, 2.05) is 17.7 Å². The number of aliphatic hydroxyl groups is 1. The van der Waals surface area contributed by atoms with Gasteiger partial charge in [0.1, 0.15) is 0 Å². The Morgan fingerprint density at radius 3 is 2.62 bits per heavy atom. The fourth-order valence-corrected chi connectivity index (χ4v) is 3.43. The summed E-state index contributed by atoms with van der Waals surface area (Å²) in [5.41, 5.74) is 1.60. The van der Waals surface area contributed by atoms with Crippen LogP contribution in [-0.4, -0.2) is 50.7 Å². The summed E-state index contributed by atoms with van der Waals surface area (Å²) >= 11 is 0. The van der Waals surface area contributed by atoms with Crippen LogP contribution in [0.15, 0.2) is 43.0 Å². The molecule has 0 unspecified atom stereocenters. The van der Waals surface area contributed by atoms with Crippen LogP contribution in [0, 0.1) is 6.92 Å². The van der Waals surface area contributed by atoms with Gasteiger partial charge >= 0.3 is 0 Å². The third-order valence-corrected chi connectivity index (χ3v) is 5.14. The second-order valence-corrected chi connectivity index (χ2v) is 7.44. The van der Waals surface area contributed by atoms with Crippen LogP contribution in [0.1, 0.15) is 36.9 Å². The Morgan fingerprint density at radius 2 is 2.00 bits per heavy atom. The highest BCUT2D eigenvalue weighted by atomic mass is 16.3. The summed E-state index contributed by atoms with van der Waals surface area (Å²) in [4.78, 5) is 18.5. The molecular weight excluding hydrogens is 328 g/mol. The van der Waals surface area contributed by atoms with Crippen molar-refractivity contribution in [1.29, 1.82) is 0 Å². The number of carbonyl (C=O) groups is 1. The Bertz CT molecular complexity index is 704. The number of rotatable bonds is 6. The van der Waals surface area contributed by atoms with Gasteiger partial charge in [0.25, 0.3) is 0 Å². The summed E-state index contributed by atoms with van der Waals surface area (Å²) in [5.74, 6) is 0.0260. The number of likely N-dealkylation sites (tertiary alicyclic amines) is 1. The number of carbonyl (C=O) groups excluding carboxylic acids is 1. The number of nitrogens with zero attached hydrogens (tertiary/aromatic N) is 3. The van der Waals surface area contributed by atoms with Crippen molar-refractivity contribution in [2.24, 2.45) is 0 Å². The second kappa shape index (κ2) is 8.01. The van der Waals surface area contributed by atoms with Crippen LogP contribution in [0.25, 0.3) is 0 Å². The first-order valence-corrected chi connectivity index (χ1v) is 9.20. The number of hydrogen-bond donors (Lipinski definition) is 2. The molecule has 1 aliphatic heterocycles. The summed E-state index contributed by atoms with van der Waals surface area (Å²) in [6, 6.07) is 8.22. The average molecular weight is 356 g/mol. The Hall–Kier alpha value is -2.18. The van der Waals surface area contributed by atoms with Crippen LogP contribution >= 0.6 is 0 Å². The van der Waals surface area contributed by atoms with Gasteiger partial charge in [-0.3, -0.25) is 9.69 Å². The minimum Gasteiger partial charge on any atom is -0.388 e. The lowest BCUT2D eigenvalue weighted by Gasteiger charge is -2.38. The lowest BCUT2D eigenvalue weighted by molar-refractivity contribution is -0.124. The number of imidazole rings is 1. The molecule has 1 aliphatic rings. The lowest BCUT2D eigenvalue weighted by atomic mass is 9.91. The van der Waals surface area contributed by atoms with Crippen molar-refractivity contribution < 1.29 is 9.90 Å². The number of benzene rings is 1. The lowest BCUT2D eigenvalue weighted by Crippen LogP contribution is -2.49. The fraction of sp³-hybridized carbons (Fsp3) is 0.500. The van der Waals surface area contributed by atoms with Crippen molar-refractivity contribution >= 4 is 5.91 Å². The highest BCUT2D eigenvalue weighted by Crippen LogP contribution is 2.24. The molecule has 0 saturated carbocycles. The van der Waals surface area contributed by atoms with Crippen LogP contribution in [0.2, 0.25) is 0 Å². The SMILES string of the molecule is Cc1ccc([C@@H](C)NC(=O)CN2CCC(O)(Cn3ccnc3)CC2)cc1. The molecule has 2 aromatic rings. The Balaban J connectivity index is 1.45. The second-order valence-electron chi connectivity index (χ2n) is 7.44. The Labute approximate surface area is 154 Å². The van der Waals surface area contributed by atoms with Crippen LogP contribution in [0.3, 0.4) is 0 Å². The highest BCUT2D eigenvalue weighted by Gasteiger charge is 2.33. The standard InChI is InChI=1S/C20H28N4O2/c1-16-3-5-18(6-4-16)17(2)22-19(25)13-23-10-7-20(26,8-11-23)14-24-12-9-21-15-24/h3-6,9,12,15,17,26H,7-8,10-11,13-14H2,1-2H3,(H,22,25)/t17-/m1/s1. The Morgan fingerprint density at radius 1 is 1.31 bits per heavy atom. The molecule has 1 fully saturated rings. The number of hydrogen-bond acceptors (Lipinski definition) is 4. The van der Waals surface area contributed by atoms with Crippen molar-refractivity contribution in [2.75, 3.05) is 19.6 Å². The monoisotopic (exact) mass is 356 g/mol. The molecule has 1 aromatic heterocycles. The molecule has 26 heavy (non-hydrogen) atoms. The third-order valence-electron chi connectivity index (χ3n) is 5.14. The number of aryl methyl sites for hydroxylation is 1. The van der Waals surface area contributed by atoms with E-state index in [-0.39, 0.29) is 11.9 Å². The summed E-state index contributed by atoms with van der Waals surface area (Å²) < 4.78 is 1.91. The van der Waals surface area contributed by atoms with Gasteiger partial charge < -0.3 is 15.0 Å². The van der Waals surface area contributed by atoms with Crippen molar-refractivity contribution in [1.82, 2.24) is 19.8 Å². The highest BCUT2D eigenvalue weighted by molar-refractivity contribution is 5.78. The van der Waals surface area contributed by atoms with Gasteiger partial charge in [-0.05, 0) is 32.3 Å². The molecule has 2 N–H and O–H groups in total. The zero-order chi connectivity index (χ0) is 18.6. The predicted octanol–water partition coefficient (Wildman–Crippen LogP) is 1.90. The van der Waals surface area contributed by atoms with Gasteiger partial charge in [-0.1, -0.05) is 29.8 Å². The topological polar surface area (TPSA) is 70.4 Å².